The lowest BCUT2D eigenvalue weighted by molar-refractivity contribution is 0.144. The average molecular weight is 471 g/mol. The largest absolute Gasteiger partial charge is 0.297 e. The number of rotatable bonds is 6. The minimum absolute atomic E-state index is 0.351. The third kappa shape index (κ3) is 4.15. The predicted octanol–water partition coefficient (Wildman–Crippen LogP) is 3.08. The van der Waals surface area contributed by atoms with E-state index in [4.69, 9.17) is 17.3 Å². The molecule has 1 saturated heterocycles. The molecule has 168 valence electrons. The molecule has 1 aliphatic carbocycles. The van der Waals surface area contributed by atoms with Gasteiger partial charge in [0.1, 0.15) is 0 Å². The predicted molar refractivity (Wildman–Crippen MR) is 124 cm³/mol. The number of hydrogen-bond donors (Lipinski definition) is 0. The number of aromatic nitrogens is 4. The molecule has 2 aromatic heterocycles. The Morgan fingerprint density at radius 3 is 2.28 bits per heavy atom. The SMILES string of the molecule is Cc1ccc(S(=O)(=O)N2CCN(Cn3nc(-c4ccncc4)n(C4CC4)c3=S)CC2)cc1. The van der Waals surface area contributed by atoms with Gasteiger partial charge in [-0.05, 0) is 56.2 Å². The molecule has 0 spiro atoms. The molecule has 3 aromatic rings. The fourth-order valence-electron chi connectivity index (χ4n) is 4.03. The number of aryl methyl sites for hydroxylation is 1. The number of hydrogen-bond acceptors (Lipinski definition) is 6. The monoisotopic (exact) mass is 470 g/mol. The first kappa shape index (κ1) is 21.4. The Balaban J connectivity index is 1.31. The molecule has 0 unspecified atom stereocenters. The first-order valence-corrected chi connectivity index (χ1v) is 12.7. The van der Waals surface area contributed by atoms with Crippen LogP contribution in [0.15, 0.2) is 53.7 Å². The van der Waals surface area contributed by atoms with Crippen LogP contribution in [0.3, 0.4) is 0 Å². The highest BCUT2D eigenvalue weighted by molar-refractivity contribution is 7.89. The molecule has 1 aliphatic heterocycles. The van der Waals surface area contributed by atoms with Crippen LogP contribution in [-0.2, 0) is 16.7 Å². The van der Waals surface area contributed by atoms with Gasteiger partial charge in [0.25, 0.3) is 0 Å². The van der Waals surface area contributed by atoms with E-state index in [2.05, 4.69) is 14.5 Å². The van der Waals surface area contributed by atoms with Crippen molar-refractivity contribution in [1.29, 1.82) is 0 Å². The summed E-state index contributed by atoms with van der Waals surface area (Å²) >= 11 is 5.77. The van der Waals surface area contributed by atoms with Crippen molar-refractivity contribution >= 4 is 22.2 Å². The Labute approximate surface area is 193 Å². The fraction of sp³-hybridized carbons (Fsp3) is 0.409. The van der Waals surface area contributed by atoms with E-state index in [1.807, 2.05) is 35.9 Å². The molecule has 2 aliphatic rings. The summed E-state index contributed by atoms with van der Waals surface area (Å²) < 4.78 is 32.2. The molecule has 0 radical (unpaired) electrons. The summed E-state index contributed by atoms with van der Waals surface area (Å²) in [4.78, 5) is 6.66. The Kier molecular flexibility index (Phi) is 5.70. The highest BCUT2D eigenvalue weighted by Crippen LogP contribution is 2.38. The Hall–Kier alpha value is -2.40. The Morgan fingerprint density at radius 1 is 1.00 bits per heavy atom. The van der Waals surface area contributed by atoms with Gasteiger partial charge in [-0.25, -0.2) is 13.1 Å². The molecule has 0 bridgehead atoms. The van der Waals surface area contributed by atoms with Gasteiger partial charge in [-0.3, -0.25) is 14.5 Å². The van der Waals surface area contributed by atoms with Crippen LogP contribution in [0.1, 0.15) is 24.4 Å². The van der Waals surface area contributed by atoms with Gasteiger partial charge < -0.3 is 0 Å². The summed E-state index contributed by atoms with van der Waals surface area (Å²) in [5.74, 6) is 0.875. The maximum atomic E-state index is 13.0. The van der Waals surface area contributed by atoms with Crippen LogP contribution in [0.4, 0.5) is 0 Å². The van der Waals surface area contributed by atoms with Gasteiger partial charge in [-0.2, -0.15) is 9.40 Å². The van der Waals surface area contributed by atoms with E-state index in [1.165, 1.54) is 0 Å². The molecule has 0 amide bonds. The van der Waals surface area contributed by atoms with Crippen molar-refractivity contribution in [3.8, 4) is 11.4 Å². The smallest absolute Gasteiger partial charge is 0.243 e. The van der Waals surface area contributed by atoms with Crippen molar-refractivity contribution < 1.29 is 8.42 Å². The number of nitrogens with zero attached hydrogens (tertiary/aromatic N) is 6. The quantitative estimate of drug-likeness (QED) is 0.516. The second-order valence-electron chi connectivity index (χ2n) is 8.42. The molecule has 8 nitrogen and oxygen atoms in total. The zero-order valence-electron chi connectivity index (χ0n) is 18.0. The van der Waals surface area contributed by atoms with E-state index >= 15 is 0 Å². The summed E-state index contributed by atoms with van der Waals surface area (Å²) in [5, 5.41) is 4.83. The summed E-state index contributed by atoms with van der Waals surface area (Å²) in [6.45, 7) is 4.66. The standard InChI is InChI=1S/C22H26N6O2S2/c1-17-2-6-20(7-3-17)32(29,30)26-14-12-25(13-15-26)16-27-22(31)28(19-4-5-19)21(24-27)18-8-10-23-11-9-18/h2-3,6-11,19H,4-5,12-16H2,1H3. The number of benzene rings is 1. The molecule has 1 saturated carbocycles. The zero-order chi connectivity index (χ0) is 22.3. The molecule has 1 aromatic carbocycles. The summed E-state index contributed by atoms with van der Waals surface area (Å²) in [6, 6.07) is 11.4. The van der Waals surface area contributed by atoms with Crippen molar-refractivity contribution in [1.82, 2.24) is 28.5 Å². The molecule has 3 heterocycles. The van der Waals surface area contributed by atoms with Crippen LogP contribution in [0.25, 0.3) is 11.4 Å². The minimum atomic E-state index is -3.47. The van der Waals surface area contributed by atoms with Gasteiger partial charge in [0.05, 0.1) is 11.6 Å². The lowest BCUT2D eigenvalue weighted by atomic mass is 10.2. The third-order valence-electron chi connectivity index (χ3n) is 6.05. The fourth-order valence-corrected chi connectivity index (χ4v) is 5.79. The Morgan fingerprint density at radius 2 is 1.66 bits per heavy atom. The van der Waals surface area contributed by atoms with E-state index in [-0.39, 0.29) is 0 Å². The van der Waals surface area contributed by atoms with Gasteiger partial charge in [0.2, 0.25) is 10.0 Å². The highest BCUT2D eigenvalue weighted by atomic mass is 32.2. The normalized spacial score (nSPS) is 18.2. The molecular weight excluding hydrogens is 444 g/mol. The molecule has 0 atom stereocenters. The van der Waals surface area contributed by atoms with Gasteiger partial charge in [-0.15, -0.1) is 0 Å². The topological polar surface area (TPSA) is 76.3 Å². The van der Waals surface area contributed by atoms with E-state index in [9.17, 15) is 8.42 Å². The van der Waals surface area contributed by atoms with Crippen molar-refractivity contribution in [2.24, 2.45) is 0 Å². The van der Waals surface area contributed by atoms with E-state index < -0.39 is 10.0 Å². The number of pyridine rings is 1. The number of piperazine rings is 1. The number of sulfonamides is 1. The van der Waals surface area contributed by atoms with Crippen molar-refractivity contribution in [3.05, 3.63) is 59.1 Å². The first-order chi connectivity index (χ1) is 15.4. The lowest BCUT2D eigenvalue weighted by Gasteiger charge is -2.33. The van der Waals surface area contributed by atoms with Gasteiger partial charge >= 0.3 is 0 Å². The maximum absolute atomic E-state index is 13.0. The van der Waals surface area contributed by atoms with Crippen molar-refractivity contribution in [3.63, 3.8) is 0 Å². The average Bonchev–Trinajstić information content (AvgIpc) is 3.59. The first-order valence-electron chi connectivity index (χ1n) is 10.8. The minimum Gasteiger partial charge on any atom is -0.297 e. The summed E-state index contributed by atoms with van der Waals surface area (Å²) in [6.07, 6.45) is 5.77. The van der Waals surface area contributed by atoms with E-state index in [1.54, 1.807) is 28.8 Å². The molecule has 2 fully saturated rings. The second-order valence-corrected chi connectivity index (χ2v) is 10.7. The van der Waals surface area contributed by atoms with E-state index in [0.717, 1.165) is 29.8 Å². The van der Waals surface area contributed by atoms with Crippen LogP contribution in [0.2, 0.25) is 0 Å². The second kappa shape index (κ2) is 8.51. The van der Waals surface area contributed by atoms with Crippen LogP contribution < -0.4 is 0 Å². The maximum Gasteiger partial charge on any atom is 0.243 e. The summed E-state index contributed by atoms with van der Waals surface area (Å²) in [7, 11) is -3.47. The molecule has 5 rings (SSSR count). The summed E-state index contributed by atoms with van der Waals surface area (Å²) in [5.41, 5.74) is 2.05. The van der Waals surface area contributed by atoms with Gasteiger partial charge in [0, 0.05) is 50.2 Å². The highest BCUT2D eigenvalue weighted by Gasteiger charge is 2.31. The molecular formula is C22H26N6O2S2. The van der Waals surface area contributed by atoms with Crippen LogP contribution >= 0.6 is 12.2 Å². The van der Waals surface area contributed by atoms with Crippen LogP contribution in [-0.4, -0.2) is 63.1 Å². The molecule has 32 heavy (non-hydrogen) atoms. The van der Waals surface area contributed by atoms with Crippen LogP contribution in [0.5, 0.6) is 0 Å². The third-order valence-corrected chi connectivity index (χ3v) is 8.37. The zero-order valence-corrected chi connectivity index (χ0v) is 19.6. The van der Waals surface area contributed by atoms with Crippen molar-refractivity contribution in [2.45, 2.75) is 37.4 Å². The lowest BCUT2D eigenvalue weighted by Crippen LogP contribution is -2.48. The Bertz CT molecular complexity index is 1260. The molecule has 0 N–H and O–H groups in total. The van der Waals surface area contributed by atoms with Gasteiger partial charge in [-0.1, -0.05) is 17.7 Å². The van der Waals surface area contributed by atoms with Gasteiger partial charge in [0.15, 0.2) is 10.6 Å². The van der Waals surface area contributed by atoms with E-state index in [0.29, 0.717) is 48.6 Å². The van der Waals surface area contributed by atoms with Crippen LogP contribution in [0, 0.1) is 11.7 Å². The van der Waals surface area contributed by atoms with Crippen molar-refractivity contribution in [2.75, 3.05) is 26.2 Å². The molecule has 10 heteroatoms.